The van der Waals surface area contributed by atoms with Gasteiger partial charge in [0.15, 0.2) is 0 Å². The zero-order valence-corrected chi connectivity index (χ0v) is 16.0. The quantitative estimate of drug-likeness (QED) is 0.714. The SMILES string of the molecule is Cc1cc(C(=O)N2CCCC2c2ncc(C)n2Cc2cccnc2)n(C)n1. The highest BCUT2D eigenvalue weighted by Crippen LogP contribution is 2.33. The number of hydrogen-bond donors (Lipinski definition) is 0. The van der Waals surface area contributed by atoms with Gasteiger partial charge in [0.1, 0.15) is 11.5 Å². The highest BCUT2D eigenvalue weighted by Gasteiger charge is 2.35. The second kappa shape index (κ2) is 6.98. The lowest BCUT2D eigenvalue weighted by Gasteiger charge is -2.25. The fourth-order valence-corrected chi connectivity index (χ4v) is 3.86. The summed E-state index contributed by atoms with van der Waals surface area (Å²) >= 11 is 0. The van der Waals surface area contributed by atoms with Gasteiger partial charge in [0.2, 0.25) is 0 Å². The van der Waals surface area contributed by atoms with E-state index in [1.807, 2.05) is 43.4 Å². The zero-order chi connectivity index (χ0) is 19.0. The van der Waals surface area contributed by atoms with Crippen molar-refractivity contribution >= 4 is 5.91 Å². The van der Waals surface area contributed by atoms with Crippen molar-refractivity contribution < 1.29 is 4.79 Å². The Morgan fingerprint density at radius 1 is 1.30 bits per heavy atom. The van der Waals surface area contributed by atoms with Crippen LogP contribution in [0.25, 0.3) is 0 Å². The summed E-state index contributed by atoms with van der Waals surface area (Å²) < 4.78 is 3.86. The number of carbonyl (C=O) groups excluding carboxylic acids is 1. The van der Waals surface area contributed by atoms with Gasteiger partial charge >= 0.3 is 0 Å². The first-order valence-electron chi connectivity index (χ1n) is 9.27. The van der Waals surface area contributed by atoms with E-state index >= 15 is 0 Å². The number of likely N-dealkylation sites (tertiary alicyclic amines) is 1. The second-order valence-corrected chi connectivity index (χ2v) is 7.16. The molecule has 0 N–H and O–H groups in total. The van der Waals surface area contributed by atoms with Crippen molar-refractivity contribution in [3.63, 3.8) is 0 Å². The smallest absolute Gasteiger partial charge is 0.272 e. The Kier molecular flexibility index (Phi) is 4.51. The molecule has 0 bridgehead atoms. The van der Waals surface area contributed by atoms with Crippen molar-refractivity contribution in [1.29, 1.82) is 0 Å². The van der Waals surface area contributed by atoms with Gasteiger partial charge in [-0.3, -0.25) is 14.5 Å². The van der Waals surface area contributed by atoms with Crippen molar-refractivity contribution in [3.05, 3.63) is 65.3 Å². The van der Waals surface area contributed by atoms with Crippen LogP contribution in [0.5, 0.6) is 0 Å². The number of pyridine rings is 1. The van der Waals surface area contributed by atoms with Crippen LogP contribution in [0, 0.1) is 13.8 Å². The number of nitrogens with zero attached hydrogens (tertiary/aromatic N) is 6. The van der Waals surface area contributed by atoms with Crippen molar-refractivity contribution in [3.8, 4) is 0 Å². The summed E-state index contributed by atoms with van der Waals surface area (Å²) in [6, 6.07) is 5.84. The third-order valence-corrected chi connectivity index (χ3v) is 5.18. The van der Waals surface area contributed by atoms with Crippen molar-refractivity contribution in [2.45, 2.75) is 39.3 Å². The second-order valence-electron chi connectivity index (χ2n) is 7.16. The number of aromatic nitrogens is 5. The normalized spacial score (nSPS) is 16.9. The first-order valence-corrected chi connectivity index (χ1v) is 9.27. The van der Waals surface area contributed by atoms with Gasteiger partial charge in [-0.2, -0.15) is 5.10 Å². The van der Waals surface area contributed by atoms with Crippen LogP contribution in [0.15, 0.2) is 36.8 Å². The predicted molar refractivity (Wildman–Crippen MR) is 101 cm³/mol. The minimum absolute atomic E-state index is 0.0157. The van der Waals surface area contributed by atoms with Gasteiger partial charge < -0.3 is 9.47 Å². The van der Waals surface area contributed by atoms with Crippen LogP contribution in [-0.2, 0) is 13.6 Å². The summed E-state index contributed by atoms with van der Waals surface area (Å²) in [5.41, 5.74) is 3.69. The van der Waals surface area contributed by atoms with E-state index in [1.165, 1.54) is 0 Å². The number of amides is 1. The summed E-state index contributed by atoms with van der Waals surface area (Å²) in [4.78, 5) is 24.0. The van der Waals surface area contributed by atoms with E-state index in [0.717, 1.165) is 42.2 Å². The molecule has 3 aromatic heterocycles. The number of aryl methyl sites for hydroxylation is 3. The Labute approximate surface area is 158 Å². The average molecular weight is 364 g/mol. The highest BCUT2D eigenvalue weighted by atomic mass is 16.2. The molecule has 1 amide bonds. The Hall–Kier alpha value is -2.96. The third-order valence-electron chi connectivity index (χ3n) is 5.18. The fraction of sp³-hybridized carbons (Fsp3) is 0.400. The molecule has 1 aliphatic rings. The van der Waals surface area contributed by atoms with Crippen LogP contribution in [0.3, 0.4) is 0 Å². The molecule has 140 valence electrons. The molecule has 4 heterocycles. The molecule has 0 spiro atoms. The molecule has 1 fully saturated rings. The minimum atomic E-state index is -0.0157. The van der Waals surface area contributed by atoms with E-state index in [0.29, 0.717) is 12.2 Å². The van der Waals surface area contributed by atoms with Crippen LogP contribution in [0.4, 0.5) is 0 Å². The summed E-state index contributed by atoms with van der Waals surface area (Å²) in [6.07, 6.45) is 7.44. The zero-order valence-electron chi connectivity index (χ0n) is 16.0. The Balaban J connectivity index is 1.65. The maximum Gasteiger partial charge on any atom is 0.272 e. The van der Waals surface area contributed by atoms with Gasteiger partial charge in [0, 0.05) is 37.9 Å². The van der Waals surface area contributed by atoms with Gasteiger partial charge in [0.05, 0.1) is 18.3 Å². The van der Waals surface area contributed by atoms with E-state index in [-0.39, 0.29) is 11.9 Å². The first kappa shape index (κ1) is 17.5. The number of rotatable bonds is 4. The Morgan fingerprint density at radius 2 is 2.15 bits per heavy atom. The van der Waals surface area contributed by atoms with Gasteiger partial charge in [-0.05, 0) is 44.4 Å². The molecule has 7 nitrogen and oxygen atoms in total. The van der Waals surface area contributed by atoms with Crippen molar-refractivity contribution in [2.24, 2.45) is 7.05 Å². The molecule has 1 unspecified atom stereocenters. The van der Waals surface area contributed by atoms with Crippen LogP contribution in [-0.4, -0.2) is 41.7 Å². The van der Waals surface area contributed by atoms with Crippen LogP contribution in [0.2, 0.25) is 0 Å². The number of imidazole rings is 1. The van der Waals surface area contributed by atoms with E-state index in [1.54, 1.807) is 10.9 Å². The van der Waals surface area contributed by atoms with E-state index in [2.05, 4.69) is 32.6 Å². The van der Waals surface area contributed by atoms with E-state index in [9.17, 15) is 4.79 Å². The standard InChI is InChI=1S/C20H24N6O/c1-14-10-18(24(3)23-14)20(27)25-9-5-7-17(25)19-22-11-15(2)26(19)13-16-6-4-8-21-12-16/h4,6,8,10-12,17H,5,7,9,13H2,1-3H3. The molecular weight excluding hydrogens is 340 g/mol. The van der Waals surface area contributed by atoms with E-state index < -0.39 is 0 Å². The molecule has 0 saturated carbocycles. The molecular formula is C20H24N6O. The predicted octanol–water partition coefficient (Wildman–Crippen LogP) is 2.65. The van der Waals surface area contributed by atoms with Gasteiger partial charge in [0.25, 0.3) is 5.91 Å². The molecule has 0 aromatic carbocycles. The largest absolute Gasteiger partial charge is 0.327 e. The van der Waals surface area contributed by atoms with Gasteiger partial charge in [-0.15, -0.1) is 0 Å². The fourth-order valence-electron chi connectivity index (χ4n) is 3.86. The van der Waals surface area contributed by atoms with Crippen molar-refractivity contribution in [1.82, 2.24) is 29.2 Å². The van der Waals surface area contributed by atoms with Gasteiger partial charge in [-0.1, -0.05) is 6.07 Å². The number of carbonyl (C=O) groups is 1. The molecule has 0 radical (unpaired) electrons. The Bertz CT molecular complexity index is 958. The van der Waals surface area contributed by atoms with Crippen LogP contribution in [0.1, 0.15) is 52.1 Å². The lowest BCUT2D eigenvalue weighted by Crippen LogP contribution is -2.33. The number of hydrogen-bond acceptors (Lipinski definition) is 4. The summed E-state index contributed by atoms with van der Waals surface area (Å²) in [5.74, 6) is 0.968. The molecule has 0 aliphatic carbocycles. The van der Waals surface area contributed by atoms with Crippen LogP contribution < -0.4 is 0 Å². The molecule has 1 saturated heterocycles. The molecule has 1 aliphatic heterocycles. The maximum absolute atomic E-state index is 13.2. The summed E-state index contributed by atoms with van der Waals surface area (Å²) in [5, 5.41) is 4.32. The molecule has 1 atom stereocenters. The first-order chi connectivity index (χ1) is 13.0. The third kappa shape index (κ3) is 3.25. The minimum Gasteiger partial charge on any atom is -0.327 e. The van der Waals surface area contributed by atoms with Gasteiger partial charge in [-0.25, -0.2) is 4.98 Å². The van der Waals surface area contributed by atoms with Crippen molar-refractivity contribution in [2.75, 3.05) is 6.54 Å². The monoisotopic (exact) mass is 364 g/mol. The van der Waals surface area contributed by atoms with Crippen LogP contribution >= 0.6 is 0 Å². The lowest BCUT2D eigenvalue weighted by molar-refractivity contribution is 0.0716. The Morgan fingerprint density at radius 3 is 2.85 bits per heavy atom. The highest BCUT2D eigenvalue weighted by molar-refractivity contribution is 5.93. The molecule has 7 heteroatoms. The summed E-state index contributed by atoms with van der Waals surface area (Å²) in [6.45, 7) is 5.41. The lowest BCUT2D eigenvalue weighted by atomic mass is 10.2. The molecule has 3 aromatic rings. The average Bonchev–Trinajstić information content (AvgIpc) is 3.35. The molecule has 27 heavy (non-hydrogen) atoms. The molecule has 4 rings (SSSR count). The topological polar surface area (TPSA) is 68.8 Å². The summed E-state index contributed by atoms with van der Waals surface area (Å²) in [7, 11) is 1.82. The maximum atomic E-state index is 13.2. The van der Waals surface area contributed by atoms with E-state index in [4.69, 9.17) is 0 Å².